The summed E-state index contributed by atoms with van der Waals surface area (Å²) in [6.07, 6.45) is 3.16. The Balaban J connectivity index is 1.91. The monoisotopic (exact) mass is 528 g/mol. The van der Waals surface area contributed by atoms with E-state index in [1.165, 1.54) is 6.08 Å². The highest BCUT2D eigenvalue weighted by Crippen LogP contribution is 2.34. The third-order valence-corrected chi connectivity index (χ3v) is 7.25. The van der Waals surface area contributed by atoms with Gasteiger partial charge in [0.15, 0.2) is 0 Å². The number of carbonyl (C=O) groups is 1. The summed E-state index contributed by atoms with van der Waals surface area (Å²) in [6.45, 7) is 9.35. The molecule has 0 spiro atoms. The Morgan fingerprint density at radius 1 is 1.30 bits per heavy atom. The normalized spacial score (nSPS) is 16.3. The van der Waals surface area contributed by atoms with Gasteiger partial charge in [-0.3, -0.25) is 9.36 Å². The zero-order valence-corrected chi connectivity index (χ0v) is 21.1. The van der Waals surface area contributed by atoms with Gasteiger partial charge in [-0.25, -0.2) is 4.79 Å². The molecule has 2 aromatic carbocycles. The molecule has 1 aliphatic rings. The topological polar surface area (TPSA) is 58.4 Å². The lowest BCUT2D eigenvalue weighted by Gasteiger charge is -2.40. The molecule has 172 valence electrons. The minimum absolute atomic E-state index is 0.0246. The van der Waals surface area contributed by atoms with Crippen molar-refractivity contribution in [3.63, 3.8) is 0 Å². The van der Waals surface area contributed by atoms with E-state index in [0.29, 0.717) is 34.9 Å². The number of fused-ring (bicyclic) bond motifs is 1. The van der Waals surface area contributed by atoms with Gasteiger partial charge in [0.05, 0.1) is 16.2 Å². The molecule has 6 nitrogen and oxygen atoms in total. The van der Waals surface area contributed by atoms with Gasteiger partial charge >= 0.3 is 5.69 Å². The fraction of sp³-hybridized carbons (Fsp3) is 0.320. The summed E-state index contributed by atoms with van der Waals surface area (Å²) in [5.41, 5.74) is 2.32. The molecule has 8 heteroatoms. The highest BCUT2D eigenvalue weighted by Gasteiger charge is 2.29. The van der Waals surface area contributed by atoms with Crippen LogP contribution < -0.4 is 10.6 Å². The number of halogens is 2. The number of rotatable bonds is 5. The predicted molar refractivity (Wildman–Crippen MR) is 138 cm³/mol. The summed E-state index contributed by atoms with van der Waals surface area (Å²) in [5, 5.41) is 1.34. The molecule has 1 atom stereocenters. The first-order valence-corrected chi connectivity index (χ1v) is 12.2. The molecule has 0 unspecified atom stereocenters. The van der Waals surface area contributed by atoms with Crippen LogP contribution in [-0.4, -0.2) is 46.0 Å². The lowest BCUT2D eigenvalue weighted by atomic mass is 10.1. The molecule has 1 aliphatic heterocycles. The van der Waals surface area contributed by atoms with Crippen LogP contribution in [0.2, 0.25) is 5.02 Å². The van der Waals surface area contributed by atoms with Gasteiger partial charge in [-0.15, -0.1) is 0 Å². The van der Waals surface area contributed by atoms with Crippen molar-refractivity contribution in [3.8, 4) is 5.69 Å². The highest BCUT2D eigenvalue weighted by atomic mass is 79.9. The molecule has 0 radical (unpaired) electrons. The average molecular weight is 530 g/mol. The Kier molecular flexibility index (Phi) is 6.91. The Morgan fingerprint density at radius 2 is 2.06 bits per heavy atom. The van der Waals surface area contributed by atoms with Gasteiger partial charge < -0.3 is 9.80 Å². The van der Waals surface area contributed by atoms with Crippen molar-refractivity contribution in [1.29, 1.82) is 0 Å². The van der Waals surface area contributed by atoms with E-state index in [1.54, 1.807) is 9.47 Å². The van der Waals surface area contributed by atoms with E-state index in [1.807, 2.05) is 43.3 Å². The maximum absolute atomic E-state index is 13.5. The predicted octanol–water partition coefficient (Wildman–Crippen LogP) is 4.98. The number of aryl methyl sites for hydroxylation is 1. The van der Waals surface area contributed by atoms with Crippen LogP contribution in [0.5, 0.6) is 0 Å². The molecule has 1 saturated heterocycles. The quantitative estimate of drug-likeness (QED) is 0.438. The minimum atomic E-state index is -0.341. The summed E-state index contributed by atoms with van der Waals surface area (Å²) in [7, 11) is 0. The molecule has 1 amide bonds. The van der Waals surface area contributed by atoms with Crippen LogP contribution in [0.25, 0.3) is 16.6 Å². The van der Waals surface area contributed by atoms with Crippen molar-refractivity contribution in [2.75, 3.05) is 24.5 Å². The van der Waals surface area contributed by atoms with Crippen LogP contribution in [-0.2, 0) is 11.2 Å². The second-order valence-electron chi connectivity index (χ2n) is 8.25. The summed E-state index contributed by atoms with van der Waals surface area (Å²) in [5.74, 6) is 0.501. The summed E-state index contributed by atoms with van der Waals surface area (Å²) < 4.78 is 2.39. The molecule has 2 heterocycles. The number of carbonyl (C=O) groups excluding carboxylic acids is 1. The molecule has 4 rings (SSSR count). The Morgan fingerprint density at radius 3 is 2.76 bits per heavy atom. The van der Waals surface area contributed by atoms with E-state index < -0.39 is 0 Å². The van der Waals surface area contributed by atoms with Crippen LogP contribution in [0, 0.1) is 0 Å². The molecule has 1 fully saturated rings. The number of hydrogen-bond acceptors (Lipinski definition) is 4. The van der Waals surface area contributed by atoms with Crippen molar-refractivity contribution in [2.24, 2.45) is 0 Å². The molecule has 0 aliphatic carbocycles. The number of piperazine rings is 1. The van der Waals surface area contributed by atoms with Gasteiger partial charge in [0.25, 0.3) is 0 Å². The van der Waals surface area contributed by atoms with E-state index in [4.69, 9.17) is 11.6 Å². The van der Waals surface area contributed by atoms with E-state index in [2.05, 4.69) is 39.3 Å². The Labute approximate surface area is 206 Å². The molecule has 0 saturated carbocycles. The number of para-hydroxylation sites is 1. The average Bonchev–Trinajstić information content (AvgIpc) is 2.80. The number of amides is 1. The van der Waals surface area contributed by atoms with Gasteiger partial charge in [-0.05, 0) is 59.1 Å². The van der Waals surface area contributed by atoms with Gasteiger partial charge in [0.2, 0.25) is 5.91 Å². The molecule has 0 bridgehead atoms. The van der Waals surface area contributed by atoms with Gasteiger partial charge in [0.1, 0.15) is 5.82 Å². The maximum atomic E-state index is 13.5. The zero-order valence-electron chi connectivity index (χ0n) is 18.7. The minimum Gasteiger partial charge on any atom is -0.350 e. The van der Waals surface area contributed by atoms with E-state index in [0.717, 1.165) is 35.0 Å². The molecule has 33 heavy (non-hydrogen) atoms. The number of hydrogen-bond donors (Lipinski definition) is 0. The smallest absolute Gasteiger partial charge is 0.350 e. The lowest BCUT2D eigenvalue weighted by Crippen LogP contribution is -2.54. The fourth-order valence-electron chi connectivity index (χ4n) is 4.47. The number of benzene rings is 2. The largest absolute Gasteiger partial charge is 0.354 e. The van der Waals surface area contributed by atoms with Crippen LogP contribution in [0.3, 0.4) is 0 Å². The first-order chi connectivity index (χ1) is 15.8. The Bertz CT molecular complexity index is 1290. The van der Waals surface area contributed by atoms with E-state index >= 15 is 0 Å². The van der Waals surface area contributed by atoms with Crippen LogP contribution >= 0.6 is 27.5 Å². The van der Waals surface area contributed by atoms with Crippen molar-refractivity contribution < 1.29 is 4.79 Å². The molecular weight excluding hydrogens is 504 g/mol. The maximum Gasteiger partial charge on any atom is 0.354 e. The van der Waals surface area contributed by atoms with Crippen LogP contribution in [0.4, 0.5) is 5.82 Å². The lowest BCUT2D eigenvalue weighted by molar-refractivity contribution is -0.126. The first kappa shape index (κ1) is 23.5. The number of aromatic nitrogens is 2. The highest BCUT2D eigenvalue weighted by molar-refractivity contribution is 9.10. The van der Waals surface area contributed by atoms with Crippen LogP contribution in [0.1, 0.15) is 25.8 Å². The third-order valence-electron chi connectivity index (χ3n) is 6.05. The van der Waals surface area contributed by atoms with Crippen molar-refractivity contribution in [1.82, 2.24) is 14.5 Å². The SMILES string of the molecule is C=CC(=O)N1CCN(c2nc(=O)n(-c3ccccc3CCC)c3cc(Br)c(Cl)cc23)[C@@H](C)C1. The number of anilines is 1. The molecule has 1 aromatic heterocycles. The summed E-state index contributed by atoms with van der Waals surface area (Å²) in [4.78, 5) is 34.0. The van der Waals surface area contributed by atoms with Gasteiger partial charge in [-0.2, -0.15) is 4.98 Å². The second-order valence-corrected chi connectivity index (χ2v) is 9.51. The van der Waals surface area contributed by atoms with E-state index in [9.17, 15) is 9.59 Å². The molecule has 0 N–H and O–H groups in total. The van der Waals surface area contributed by atoms with Crippen molar-refractivity contribution >= 4 is 50.2 Å². The van der Waals surface area contributed by atoms with E-state index in [-0.39, 0.29) is 17.6 Å². The standard InChI is InChI=1S/C25H26BrClN4O2/c1-4-8-17-9-6-7-10-21(17)31-22-14-19(26)20(27)13-18(22)24(28-25(31)33)30-12-11-29(15-16(30)3)23(32)5-2/h5-7,9-10,13-14,16H,2,4,8,11-12,15H2,1,3H3/t16-/m0/s1. The zero-order chi connectivity index (χ0) is 23.7. The molecular formula is C25H26BrClN4O2. The van der Waals surface area contributed by atoms with Crippen LogP contribution in [0.15, 0.2) is 58.3 Å². The van der Waals surface area contributed by atoms with Crippen molar-refractivity contribution in [2.45, 2.75) is 32.7 Å². The van der Waals surface area contributed by atoms with Crippen molar-refractivity contribution in [3.05, 3.63) is 74.6 Å². The number of nitrogens with zero attached hydrogens (tertiary/aromatic N) is 4. The van der Waals surface area contributed by atoms with Gasteiger partial charge in [-0.1, -0.05) is 49.7 Å². The van der Waals surface area contributed by atoms with Gasteiger partial charge in [0, 0.05) is 35.5 Å². The third kappa shape index (κ3) is 4.44. The summed E-state index contributed by atoms with van der Waals surface area (Å²) in [6, 6.07) is 11.6. The summed E-state index contributed by atoms with van der Waals surface area (Å²) >= 11 is 10.0. The fourth-order valence-corrected chi connectivity index (χ4v) is 4.96. The Hall–Kier alpha value is -2.64. The second kappa shape index (κ2) is 9.69. The first-order valence-electron chi connectivity index (χ1n) is 11.0. The molecule has 3 aromatic rings.